The Labute approximate surface area is 128 Å². The van der Waals surface area contributed by atoms with Crippen molar-refractivity contribution in [3.8, 4) is 18.1 Å². The van der Waals surface area contributed by atoms with Crippen molar-refractivity contribution in [3.05, 3.63) is 28.8 Å². The Morgan fingerprint density at radius 3 is 1.67 bits per heavy atom. The molecule has 0 saturated carbocycles. The lowest BCUT2D eigenvalue weighted by atomic mass is 9.91. The van der Waals surface area contributed by atoms with Gasteiger partial charge < -0.3 is 4.74 Å². The molecular weight excluding hydrogens is 362 g/mol. The van der Waals surface area contributed by atoms with E-state index in [1.807, 2.05) is 0 Å². The Hall–Kier alpha value is -2.12. The van der Waals surface area contributed by atoms with E-state index in [2.05, 4.69) is 4.74 Å². The van der Waals surface area contributed by atoms with Crippen LogP contribution in [0.5, 0.6) is 5.75 Å². The van der Waals surface area contributed by atoms with Crippen molar-refractivity contribution in [2.75, 3.05) is 0 Å². The summed E-state index contributed by atoms with van der Waals surface area (Å²) >= 11 is 0. The van der Waals surface area contributed by atoms with E-state index in [1.54, 1.807) is 5.92 Å². The summed E-state index contributed by atoms with van der Waals surface area (Å²) in [6.45, 7) is 0.815. The third-order valence-electron chi connectivity index (χ3n) is 2.85. The van der Waals surface area contributed by atoms with E-state index in [1.165, 1.54) is 0 Å². The standard InChI is InChI=1S/C13H6F10O/c1-3-8-6(2)4-7(5-9(8)24-13(21,22)23)10(14,11(15,16)17)12(18,19)20/h1,4-5H,2H3. The number of alkyl halides is 10. The summed E-state index contributed by atoms with van der Waals surface area (Å²) in [5.74, 6) is 0.0868. The van der Waals surface area contributed by atoms with Crippen LogP contribution in [0.2, 0.25) is 0 Å². The molecule has 0 unspecified atom stereocenters. The molecule has 24 heavy (non-hydrogen) atoms. The van der Waals surface area contributed by atoms with Crippen molar-refractivity contribution in [2.45, 2.75) is 31.3 Å². The quantitative estimate of drug-likeness (QED) is 0.517. The molecule has 0 spiro atoms. The summed E-state index contributed by atoms with van der Waals surface area (Å²) in [5, 5.41) is 0. The molecule has 11 heteroatoms. The van der Waals surface area contributed by atoms with Crippen LogP contribution in [0, 0.1) is 19.3 Å². The van der Waals surface area contributed by atoms with Crippen LogP contribution >= 0.6 is 0 Å². The summed E-state index contributed by atoms with van der Waals surface area (Å²) in [6.07, 6.45) is -13.6. The Bertz CT molecular complexity index is 646. The molecule has 0 aliphatic heterocycles. The topological polar surface area (TPSA) is 9.23 Å². The van der Waals surface area contributed by atoms with Gasteiger partial charge in [-0.2, -0.15) is 26.3 Å². The lowest BCUT2D eigenvalue weighted by Gasteiger charge is -2.31. The van der Waals surface area contributed by atoms with Gasteiger partial charge in [0, 0.05) is 5.56 Å². The van der Waals surface area contributed by atoms with Crippen LogP contribution in [0.15, 0.2) is 12.1 Å². The van der Waals surface area contributed by atoms with Crippen molar-refractivity contribution >= 4 is 0 Å². The molecule has 1 rings (SSSR count). The Morgan fingerprint density at radius 1 is 0.875 bits per heavy atom. The minimum atomic E-state index is -6.48. The van der Waals surface area contributed by atoms with E-state index in [-0.39, 0.29) is 12.1 Å². The summed E-state index contributed by atoms with van der Waals surface area (Å²) in [7, 11) is 0. The Kier molecular flexibility index (Phi) is 4.77. The van der Waals surface area contributed by atoms with E-state index in [0.29, 0.717) is 0 Å². The molecule has 0 saturated heterocycles. The van der Waals surface area contributed by atoms with E-state index in [9.17, 15) is 43.9 Å². The second kappa shape index (κ2) is 5.75. The summed E-state index contributed by atoms with van der Waals surface area (Å²) in [6, 6.07) is -0.296. The summed E-state index contributed by atoms with van der Waals surface area (Å²) in [4.78, 5) is 0. The first-order chi connectivity index (χ1) is 10.5. The maximum atomic E-state index is 13.9. The molecule has 0 fully saturated rings. The van der Waals surface area contributed by atoms with Crippen molar-refractivity contribution in [1.29, 1.82) is 0 Å². The number of hydrogen-bond acceptors (Lipinski definition) is 1. The first-order valence-electron chi connectivity index (χ1n) is 5.74. The van der Waals surface area contributed by atoms with Gasteiger partial charge in [-0.15, -0.1) is 19.6 Å². The van der Waals surface area contributed by atoms with Crippen LogP contribution < -0.4 is 4.74 Å². The number of terminal acetylenes is 1. The number of halogens is 10. The van der Waals surface area contributed by atoms with Crippen LogP contribution in [0.4, 0.5) is 43.9 Å². The van der Waals surface area contributed by atoms with Crippen molar-refractivity contribution in [3.63, 3.8) is 0 Å². The fourth-order valence-corrected chi connectivity index (χ4v) is 1.83. The Morgan fingerprint density at radius 2 is 1.33 bits per heavy atom. The molecule has 0 bridgehead atoms. The zero-order valence-corrected chi connectivity index (χ0v) is 11.4. The van der Waals surface area contributed by atoms with E-state index < -0.39 is 46.8 Å². The van der Waals surface area contributed by atoms with Gasteiger partial charge in [0.25, 0.3) is 0 Å². The highest BCUT2D eigenvalue weighted by molar-refractivity contribution is 5.53. The number of aryl methyl sites for hydroxylation is 1. The SMILES string of the molecule is C#Cc1c(C)cc(C(F)(C(F)(F)F)C(F)(F)F)cc1OC(F)(F)F. The zero-order valence-electron chi connectivity index (χ0n) is 11.4. The zero-order chi connectivity index (χ0) is 19.1. The van der Waals surface area contributed by atoms with E-state index in [0.717, 1.165) is 6.92 Å². The number of rotatable bonds is 2. The number of hydrogen-bond donors (Lipinski definition) is 0. The minimum absolute atomic E-state index is 0.0689. The van der Waals surface area contributed by atoms with Crippen LogP contribution in [0.1, 0.15) is 16.7 Å². The molecule has 1 aromatic carbocycles. The van der Waals surface area contributed by atoms with Gasteiger partial charge in [0.1, 0.15) is 5.75 Å². The molecule has 1 nitrogen and oxygen atoms in total. The lowest BCUT2D eigenvalue weighted by molar-refractivity contribution is -0.348. The molecule has 134 valence electrons. The van der Waals surface area contributed by atoms with Crippen LogP contribution in [0.3, 0.4) is 0 Å². The largest absolute Gasteiger partial charge is 0.573 e. The predicted octanol–water partition coefficient (Wildman–Crippen LogP) is 5.16. The van der Waals surface area contributed by atoms with Crippen LogP contribution in [-0.2, 0) is 5.67 Å². The molecule has 0 radical (unpaired) electrons. The van der Waals surface area contributed by atoms with Crippen LogP contribution in [-0.4, -0.2) is 18.7 Å². The van der Waals surface area contributed by atoms with Gasteiger partial charge in [0.15, 0.2) is 0 Å². The molecule has 0 aromatic heterocycles. The fraction of sp³-hybridized carbons (Fsp3) is 0.385. The minimum Gasteiger partial charge on any atom is -0.404 e. The molecule has 0 aliphatic rings. The van der Waals surface area contributed by atoms with Gasteiger partial charge in [-0.3, -0.25) is 0 Å². The maximum Gasteiger partial charge on any atom is 0.573 e. The maximum absolute atomic E-state index is 13.9. The smallest absolute Gasteiger partial charge is 0.404 e. The monoisotopic (exact) mass is 368 g/mol. The fourth-order valence-electron chi connectivity index (χ4n) is 1.83. The van der Waals surface area contributed by atoms with Gasteiger partial charge in [0.05, 0.1) is 5.56 Å². The number of benzene rings is 1. The summed E-state index contributed by atoms with van der Waals surface area (Å²) < 4.78 is 130. The molecule has 0 N–H and O–H groups in total. The van der Waals surface area contributed by atoms with Gasteiger partial charge in [0.2, 0.25) is 0 Å². The Balaban J connectivity index is 3.74. The highest BCUT2D eigenvalue weighted by Crippen LogP contribution is 2.54. The van der Waals surface area contributed by atoms with Gasteiger partial charge in [-0.05, 0) is 18.6 Å². The van der Waals surface area contributed by atoms with Gasteiger partial charge >= 0.3 is 24.4 Å². The molecule has 1 aromatic rings. The van der Waals surface area contributed by atoms with E-state index >= 15 is 0 Å². The van der Waals surface area contributed by atoms with Gasteiger partial charge in [-0.25, -0.2) is 4.39 Å². The highest BCUT2D eigenvalue weighted by Gasteiger charge is 2.73. The molecule has 0 atom stereocenters. The van der Waals surface area contributed by atoms with E-state index in [4.69, 9.17) is 6.42 Å². The first kappa shape index (κ1) is 19.9. The van der Waals surface area contributed by atoms with Crippen molar-refractivity contribution in [2.24, 2.45) is 0 Å². The average molecular weight is 368 g/mol. The highest BCUT2D eigenvalue weighted by atomic mass is 19.4. The second-order valence-corrected chi connectivity index (χ2v) is 4.51. The molecule has 0 aliphatic carbocycles. The van der Waals surface area contributed by atoms with Crippen LogP contribution in [0.25, 0.3) is 0 Å². The predicted molar refractivity (Wildman–Crippen MR) is 60.7 cm³/mol. The first-order valence-corrected chi connectivity index (χ1v) is 5.74. The third kappa shape index (κ3) is 3.52. The van der Waals surface area contributed by atoms with Crippen molar-refractivity contribution in [1.82, 2.24) is 0 Å². The van der Waals surface area contributed by atoms with Crippen molar-refractivity contribution < 1.29 is 48.6 Å². The normalized spacial score (nSPS) is 13.6. The number of ether oxygens (including phenoxy) is 1. The third-order valence-corrected chi connectivity index (χ3v) is 2.85. The molecular formula is C13H6F10O. The molecule has 0 amide bonds. The lowest BCUT2D eigenvalue weighted by Crippen LogP contribution is -2.50. The average Bonchev–Trinajstić information content (AvgIpc) is 2.32. The summed E-state index contributed by atoms with van der Waals surface area (Å²) in [5.41, 5.74) is -9.42. The second-order valence-electron chi connectivity index (χ2n) is 4.51. The van der Waals surface area contributed by atoms with Gasteiger partial charge in [-0.1, -0.05) is 12.0 Å². The molecule has 0 heterocycles.